The van der Waals surface area contributed by atoms with E-state index in [4.69, 9.17) is 4.74 Å². The molecule has 0 spiro atoms. The summed E-state index contributed by atoms with van der Waals surface area (Å²) in [6, 6.07) is 0.958. The van der Waals surface area contributed by atoms with Gasteiger partial charge in [-0.05, 0) is 54.5 Å². The maximum absolute atomic E-state index is 12.0. The number of carbonyl (C=O) groups is 1. The zero-order valence-corrected chi connectivity index (χ0v) is 12.7. The van der Waals surface area contributed by atoms with Crippen molar-refractivity contribution in [3.05, 3.63) is 0 Å². The average Bonchev–Trinajstić information content (AvgIpc) is 2.25. The maximum Gasteiger partial charge on any atom is 0.410 e. The van der Waals surface area contributed by atoms with Crippen LogP contribution in [0.4, 0.5) is 4.79 Å². The number of likely N-dealkylation sites (N-methyl/N-ethyl adjacent to an activating group) is 1. The Morgan fingerprint density at radius 3 is 2.50 bits per heavy atom. The molecule has 1 aliphatic rings. The summed E-state index contributed by atoms with van der Waals surface area (Å²) < 4.78 is 5.43. The molecule has 18 heavy (non-hydrogen) atoms. The van der Waals surface area contributed by atoms with Gasteiger partial charge >= 0.3 is 6.09 Å². The Morgan fingerprint density at radius 2 is 2.00 bits per heavy atom. The van der Waals surface area contributed by atoms with Gasteiger partial charge in [0.05, 0.1) is 0 Å². The van der Waals surface area contributed by atoms with Gasteiger partial charge in [0.1, 0.15) is 5.60 Å². The summed E-state index contributed by atoms with van der Waals surface area (Å²) >= 11 is 0. The zero-order valence-electron chi connectivity index (χ0n) is 12.7. The Labute approximate surface area is 111 Å². The van der Waals surface area contributed by atoms with Crippen molar-refractivity contribution >= 4 is 6.09 Å². The number of piperidine rings is 1. The van der Waals surface area contributed by atoms with E-state index in [0.29, 0.717) is 12.1 Å². The summed E-state index contributed by atoms with van der Waals surface area (Å²) in [7, 11) is 2.13. The van der Waals surface area contributed by atoms with E-state index in [0.717, 1.165) is 25.9 Å². The maximum atomic E-state index is 12.0. The Morgan fingerprint density at radius 1 is 1.39 bits per heavy atom. The van der Waals surface area contributed by atoms with Gasteiger partial charge in [-0.1, -0.05) is 0 Å². The van der Waals surface area contributed by atoms with Gasteiger partial charge in [0.2, 0.25) is 0 Å². The van der Waals surface area contributed by atoms with Crippen molar-refractivity contribution in [2.75, 3.05) is 20.1 Å². The van der Waals surface area contributed by atoms with E-state index < -0.39 is 5.60 Å². The normalized spacial score (nSPS) is 21.6. The first-order chi connectivity index (χ1) is 8.20. The predicted octanol–water partition coefficient (Wildman–Crippen LogP) is 2.73. The van der Waals surface area contributed by atoms with Crippen LogP contribution >= 0.6 is 0 Å². The van der Waals surface area contributed by atoms with Crippen LogP contribution in [0.3, 0.4) is 0 Å². The highest BCUT2D eigenvalue weighted by Gasteiger charge is 2.29. The average molecular weight is 256 g/mol. The first-order valence-electron chi connectivity index (χ1n) is 6.90. The lowest BCUT2D eigenvalue weighted by atomic mass is 10.0. The molecule has 1 amide bonds. The monoisotopic (exact) mass is 256 g/mol. The number of likely N-dealkylation sites (tertiary alicyclic amines) is 1. The second kappa shape index (κ2) is 5.91. The molecule has 106 valence electrons. The van der Waals surface area contributed by atoms with Crippen LogP contribution in [-0.2, 0) is 4.74 Å². The molecule has 0 unspecified atom stereocenters. The highest BCUT2D eigenvalue weighted by atomic mass is 16.6. The molecule has 0 aromatic carbocycles. The fourth-order valence-electron chi connectivity index (χ4n) is 2.20. The highest BCUT2D eigenvalue weighted by Crippen LogP contribution is 2.19. The molecule has 0 aromatic rings. The third-order valence-corrected chi connectivity index (χ3v) is 3.44. The number of hydrogen-bond acceptors (Lipinski definition) is 3. The van der Waals surface area contributed by atoms with Crippen LogP contribution in [0, 0.1) is 0 Å². The second-order valence-electron chi connectivity index (χ2n) is 6.48. The molecule has 1 heterocycles. The van der Waals surface area contributed by atoms with Crippen LogP contribution in [0.2, 0.25) is 0 Å². The summed E-state index contributed by atoms with van der Waals surface area (Å²) in [5.41, 5.74) is -0.409. The van der Waals surface area contributed by atoms with Gasteiger partial charge in [0, 0.05) is 25.2 Å². The number of hydrogen-bond donors (Lipinski definition) is 0. The highest BCUT2D eigenvalue weighted by molar-refractivity contribution is 5.68. The Balaban J connectivity index is 2.56. The molecule has 4 heteroatoms. The molecule has 1 rings (SSSR count). The number of carbonyl (C=O) groups excluding carboxylic acids is 1. The van der Waals surface area contributed by atoms with Crippen LogP contribution in [0.25, 0.3) is 0 Å². The first-order valence-corrected chi connectivity index (χ1v) is 6.90. The van der Waals surface area contributed by atoms with Crippen molar-refractivity contribution in [3.63, 3.8) is 0 Å². The van der Waals surface area contributed by atoms with Crippen molar-refractivity contribution in [1.82, 2.24) is 9.80 Å². The summed E-state index contributed by atoms with van der Waals surface area (Å²) in [5.74, 6) is 0. The van der Waals surface area contributed by atoms with Gasteiger partial charge in [-0.25, -0.2) is 4.79 Å². The summed E-state index contributed by atoms with van der Waals surface area (Å²) in [4.78, 5) is 16.2. The van der Waals surface area contributed by atoms with Crippen molar-refractivity contribution in [3.8, 4) is 0 Å². The molecule has 0 aromatic heterocycles. The molecular weight excluding hydrogens is 228 g/mol. The SMILES string of the molecule is CC(C)N(C)[C@@H]1CCCN(C(=O)OC(C)(C)C)C1. The standard InChI is InChI=1S/C14H28N2O2/c1-11(2)15(6)12-8-7-9-16(10-12)13(17)18-14(3,4)5/h11-12H,7-10H2,1-6H3/t12-/m1/s1. The second-order valence-corrected chi connectivity index (χ2v) is 6.48. The van der Waals surface area contributed by atoms with Gasteiger partial charge in [0.25, 0.3) is 0 Å². The van der Waals surface area contributed by atoms with Crippen LogP contribution in [0.5, 0.6) is 0 Å². The molecule has 0 radical (unpaired) electrons. The molecule has 4 nitrogen and oxygen atoms in total. The topological polar surface area (TPSA) is 32.8 Å². The van der Waals surface area contributed by atoms with Crippen molar-refractivity contribution in [1.29, 1.82) is 0 Å². The van der Waals surface area contributed by atoms with Crippen molar-refractivity contribution < 1.29 is 9.53 Å². The predicted molar refractivity (Wildman–Crippen MR) is 73.7 cm³/mol. The lowest BCUT2D eigenvalue weighted by Crippen LogP contribution is -2.51. The molecule has 0 aliphatic carbocycles. The number of amides is 1. The molecule has 0 N–H and O–H groups in total. The molecule has 1 saturated heterocycles. The van der Waals surface area contributed by atoms with E-state index in [9.17, 15) is 4.79 Å². The number of nitrogens with zero attached hydrogens (tertiary/aromatic N) is 2. The van der Waals surface area contributed by atoms with Crippen LogP contribution in [-0.4, -0.2) is 53.7 Å². The Hall–Kier alpha value is -0.770. The van der Waals surface area contributed by atoms with E-state index >= 15 is 0 Å². The molecule has 1 aliphatic heterocycles. The fraction of sp³-hybridized carbons (Fsp3) is 0.929. The summed E-state index contributed by atoms with van der Waals surface area (Å²) in [6.45, 7) is 11.7. The summed E-state index contributed by atoms with van der Waals surface area (Å²) in [6.07, 6.45) is 2.04. The lowest BCUT2D eigenvalue weighted by Gasteiger charge is -2.39. The van der Waals surface area contributed by atoms with Crippen molar-refractivity contribution in [2.24, 2.45) is 0 Å². The van der Waals surface area contributed by atoms with E-state index in [2.05, 4.69) is 25.8 Å². The zero-order chi connectivity index (χ0) is 13.9. The third kappa shape index (κ3) is 4.48. The Bertz CT molecular complexity index is 284. The molecule has 1 fully saturated rings. The van der Waals surface area contributed by atoms with Crippen LogP contribution in [0.1, 0.15) is 47.5 Å². The minimum Gasteiger partial charge on any atom is -0.444 e. The van der Waals surface area contributed by atoms with Crippen molar-refractivity contribution in [2.45, 2.75) is 65.1 Å². The van der Waals surface area contributed by atoms with Crippen LogP contribution < -0.4 is 0 Å². The van der Waals surface area contributed by atoms with E-state index in [-0.39, 0.29) is 6.09 Å². The van der Waals surface area contributed by atoms with Gasteiger partial charge < -0.3 is 9.64 Å². The quantitative estimate of drug-likeness (QED) is 0.761. The lowest BCUT2D eigenvalue weighted by molar-refractivity contribution is 0.0104. The largest absolute Gasteiger partial charge is 0.444 e. The van der Waals surface area contributed by atoms with E-state index in [1.54, 1.807) is 0 Å². The number of rotatable bonds is 2. The molecule has 0 bridgehead atoms. The van der Waals surface area contributed by atoms with E-state index in [1.807, 2.05) is 25.7 Å². The summed E-state index contributed by atoms with van der Waals surface area (Å²) in [5, 5.41) is 0. The Kier molecular flexibility index (Phi) is 5.02. The van der Waals surface area contributed by atoms with Crippen LogP contribution in [0.15, 0.2) is 0 Å². The molecule has 1 atom stereocenters. The van der Waals surface area contributed by atoms with Gasteiger partial charge in [-0.3, -0.25) is 4.90 Å². The molecular formula is C14H28N2O2. The fourth-order valence-corrected chi connectivity index (χ4v) is 2.20. The van der Waals surface area contributed by atoms with Gasteiger partial charge in [-0.15, -0.1) is 0 Å². The third-order valence-electron chi connectivity index (χ3n) is 3.44. The molecule has 0 saturated carbocycles. The minimum absolute atomic E-state index is 0.177. The smallest absolute Gasteiger partial charge is 0.410 e. The first kappa shape index (κ1) is 15.3. The number of ether oxygens (including phenoxy) is 1. The van der Waals surface area contributed by atoms with Gasteiger partial charge in [-0.2, -0.15) is 0 Å². The van der Waals surface area contributed by atoms with Gasteiger partial charge in [0.15, 0.2) is 0 Å². The minimum atomic E-state index is -0.409. The van der Waals surface area contributed by atoms with E-state index in [1.165, 1.54) is 0 Å².